The lowest BCUT2D eigenvalue weighted by Crippen LogP contribution is -1.93. The van der Waals surface area contributed by atoms with E-state index in [1.807, 2.05) is 25.1 Å². The minimum Gasteiger partial charge on any atom is -0.453 e. The van der Waals surface area contributed by atoms with Gasteiger partial charge in [-0.3, -0.25) is 0 Å². The van der Waals surface area contributed by atoms with Crippen LogP contribution in [0, 0.1) is 12.7 Å². The van der Waals surface area contributed by atoms with E-state index in [4.69, 9.17) is 16.0 Å². The molecule has 5 heteroatoms. The summed E-state index contributed by atoms with van der Waals surface area (Å²) in [6.07, 6.45) is 3.84. The van der Waals surface area contributed by atoms with Crippen LogP contribution in [0.1, 0.15) is 31.2 Å². The average molecular weight is 369 g/mol. The quantitative estimate of drug-likeness (QED) is 0.575. The molecule has 0 saturated carbocycles. The fourth-order valence-corrected chi connectivity index (χ4v) is 3.53. The number of benzene rings is 1. The first-order valence-electron chi connectivity index (χ1n) is 8.50. The van der Waals surface area contributed by atoms with Gasteiger partial charge < -0.3 is 9.40 Å². The molecule has 1 aliphatic carbocycles. The molecule has 26 heavy (non-hydrogen) atoms. The summed E-state index contributed by atoms with van der Waals surface area (Å²) in [6.45, 7) is 4.02. The Labute approximate surface area is 156 Å². The minimum absolute atomic E-state index is 0.264. The van der Waals surface area contributed by atoms with Crippen molar-refractivity contribution in [2.45, 2.75) is 26.7 Å². The van der Waals surface area contributed by atoms with E-state index in [9.17, 15) is 4.39 Å². The van der Waals surface area contributed by atoms with E-state index in [1.54, 1.807) is 12.1 Å². The van der Waals surface area contributed by atoms with Crippen molar-refractivity contribution in [1.82, 2.24) is 9.97 Å². The molecular formula is C21H18ClFN2O. The Balaban J connectivity index is 1.68. The summed E-state index contributed by atoms with van der Waals surface area (Å²) in [6, 6.07) is 10.1. The maximum absolute atomic E-state index is 13.1. The Morgan fingerprint density at radius 3 is 2.50 bits per heavy atom. The van der Waals surface area contributed by atoms with Crippen molar-refractivity contribution in [1.29, 1.82) is 0 Å². The predicted octanol–water partition coefficient (Wildman–Crippen LogP) is 6.47. The lowest BCUT2D eigenvalue weighted by Gasteiger charge is -2.12. The molecule has 2 heterocycles. The highest BCUT2D eigenvalue weighted by molar-refractivity contribution is 6.34. The van der Waals surface area contributed by atoms with Gasteiger partial charge in [-0.15, -0.1) is 0 Å². The Morgan fingerprint density at radius 2 is 1.77 bits per heavy atom. The van der Waals surface area contributed by atoms with Gasteiger partial charge in [0.25, 0.3) is 0 Å². The number of imidazole rings is 1. The fraction of sp³-hybridized carbons (Fsp3) is 0.190. The number of hydrogen-bond acceptors (Lipinski definition) is 2. The molecule has 0 radical (unpaired) electrons. The van der Waals surface area contributed by atoms with Crippen molar-refractivity contribution in [3.8, 4) is 22.8 Å². The van der Waals surface area contributed by atoms with Crippen molar-refractivity contribution in [2.75, 3.05) is 0 Å². The van der Waals surface area contributed by atoms with Gasteiger partial charge in [-0.05, 0) is 69.2 Å². The third-order valence-corrected chi connectivity index (χ3v) is 4.91. The number of rotatable bonds is 3. The predicted molar refractivity (Wildman–Crippen MR) is 102 cm³/mol. The molecule has 1 N–H and O–H groups in total. The highest BCUT2D eigenvalue weighted by Crippen LogP contribution is 2.36. The third-order valence-electron chi connectivity index (χ3n) is 4.57. The second-order valence-corrected chi connectivity index (χ2v) is 6.95. The van der Waals surface area contributed by atoms with Crippen LogP contribution in [-0.4, -0.2) is 9.97 Å². The second kappa shape index (κ2) is 6.61. The molecule has 0 bridgehead atoms. The first-order valence-corrected chi connectivity index (χ1v) is 8.88. The van der Waals surface area contributed by atoms with Crippen LogP contribution in [0.3, 0.4) is 0 Å². The van der Waals surface area contributed by atoms with Gasteiger partial charge in [0.2, 0.25) is 0 Å². The van der Waals surface area contributed by atoms with Crippen LogP contribution < -0.4 is 0 Å². The summed E-state index contributed by atoms with van der Waals surface area (Å²) < 4.78 is 19.2. The second-order valence-electron chi connectivity index (χ2n) is 6.55. The monoisotopic (exact) mass is 368 g/mol. The smallest absolute Gasteiger partial charge is 0.174 e. The van der Waals surface area contributed by atoms with E-state index >= 15 is 0 Å². The van der Waals surface area contributed by atoms with E-state index in [-0.39, 0.29) is 5.82 Å². The van der Waals surface area contributed by atoms with Gasteiger partial charge in [0.15, 0.2) is 11.6 Å². The summed E-state index contributed by atoms with van der Waals surface area (Å²) in [5.74, 6) is 1.80. The maximum Gasteiger partial charge on any atom is 0.174 e. The normalized spacial score (nSPS) is 14.7. The first-order chi connectivity index (χ1) is 12.5. The number of nitrogens with one attached hydrogen (secondary N) is 1. The van der Waals surface area contributed by atoms with Crippen LogP contribution in [-0.2, 0) is 0 Å². The van der Waals surface area contributed by atoms with Gasteiger partial charge >= 0.3 is 0 Å². The van der Waals surface area contributed by atoms with E-state index in [2.05, 4.69) is 16.9 Å². The molecule has 1 aromatic carbocycles. The van der Waals surface area contributed by atoms with Crippen LogP contribution in [0.2, 0.25) is 0 Å². The van der Waals surface area contributed by atoms with E-state index < -0.39 is 0 Å². The summed E-state index contributed by atoms with van der Waals surface area (Å²) in [7, 11) is 0. The SMILES string of the molecule is CC1=CC(Cl)=C(c2ccc(-c3nc(-c4ccc(F)cc4)c(C)[nH]3)o2)CC1. The number of aromatic amines is 1. The minimum atomic E-state index is -0.264. The van der Waals surface area contributed by atoms with Crippen molar-refractivity contribution in [2.24, 2.45) is 0 Å². The van der Waals surface area contributed by atoms with E-state index in [1.165, 1.54) is 17.7 Å². The molecule has 3 nitrogen and oxygen atoms in total. The zero-order valence-electron chi connectivity index (χ0n) is 14.6. The van der Waals surface area contributed by atoms with Crippen molar-refractivity contribution in [3.05, 3.63) is 70.4 Å². The van der Waals surface area contributed by atoms with Crippen LogP contribution in [0.25, 0.3) is 28.4 Å². The highest BCUT2D eigenvalue weighted by Gasteiger charge is 2.18. The van der Waals surface area contributed by atoms with Gasteiger partial charge in [0.05, 0.1) is 5.69 Å². The largest absolute Gasteiger partial charge is 0.453 e. The van der Waals surface area contributed by atoms with Gasteiger partial charge in [-0.2, -0.15) is 0 Å². The molecule has 1 aliphatic rings. The number of aromatic nitrogens is 2. The van der Waals surface area contributed by atoms with Crippen molar-refractivity contribution >= 4 is 17.2 Å². The number of nitrogens with zero attached hydrogens (tertiary/aromatic N) is 1. The van der Waals surface area contributed by atoms with E-state index in [0.29, 0.717) is 11.6 Å². The van der Waals surface area contributed by atoms with Crippen LogP contribution in [0.5, 0.6) is 0 Å². The summed E-state index contributed by atoms with van der Waals surface area (Å²) in [4.78, 5) is 7.89. The Hall–Kier alpha value is -2.59. The third kappa shape index (κ3) is 3.13. The van der Waals surface area contributed by atoms with Gasteiger partial charge in [-0.25, -0.2) is 9.37 Å². The number of furan rings is 1. The molecule has 0 amide bonds. The Bertz CT molecular complexity index is 1020. The molecule has 0 fully saturated rings. The number of halogens is 2. The van der Waals surface area contributed by atoms with Crippen LogP contribution in [0.15, 0.2) is 57.5 Å². The summed E-state index contributed by atoms with van der Waals surface area (Å²) in [5, 5.41) is 0.734. The molecule has 3 aromatic rings. The number of allylic oxidation sites excluding steroid dienone is 4. The fourth-order valence-electron chi connectivity index (χ4n) is 3.15. The molecule has 4 rings (SSSR count). The lowest BCUT2D eigenvalue weighted by atomic mass is 9.98. The molecular weight excluding hydrogens is 351 g/mol. The molecule has 0 atom stereocenters. The molecule has 132 valence electrons. The lowest BCUT2D eigenvalue weighted by molar-refractivity contribution is 0.560. The molecule has 0 aliphatic heterocycles. The zero-order chi connectivity index (χ0) is 18.3. The molecule has 2 aromatic heterocycles. The Kier molecular flexibility index (Phi) is 4.29. The van der Waals surface area contributed by atoms with Crippen LogP contribution >= 0.6 is 11.6 Å². The average Bonchev–Trinajstić information content (AvgIpc) is 3.23. The van der Waals surface area contributed by atoms with Crippen LogP contribution in [0.4, 0.5) is 4.39 Å². The number of hydrogen-bond donors (Lipinski definition) is 1. The number of aryl methyl sites for hydroxylation is 1. The van der Waals surface area contributed by atoms with Crippen molar-refractivity contribution in [3.63, 3.8) is 0 Å². The summed E-state index contributed by atoms with van der Waals surface area (Å²) >= 11 is 6.38. The standard InChI is InChI=1S/C21H18ClFN2O/c1-12-3-8-16(17(22)11-12)18-9-10-19(26-18)21-24-13(2)20(25-21)14-4-6-15(23)7-5-14/h4-7,9-11H,3,8H2,1-2H3,(H,24,25). The van der Waals surface area contributed by atoms with Gasteiger partial charge in [0.1, 0.15) is 11.6 Å². The van der Waals surface area contributed by atoms with Crippen molar-refractivity contribution < 1.29 is 8.81 Å². The molecule has 0 spiro atoms. The van der Waals surface area contributed by atoms with E-state index in [0.717, 1.165) is 46.2 Å². The summed E-state index contributed by atoms with van der Waals surface area (Å²) in [5.41, 5.74) is 4.84. The molecule has 0 unspecified atom stereocenters. The number of H-pyrrole nitrogens is 1. The first kappa shape index (κ1) is 16.9. The Morgan fingerprint density at radius 1 is 1.04 bits per heavy atom. The highest BCUT2D eigenvalue weighted by atomic mass is 35.5. The topological polar surface area (TPSA) is 41.8 Å². The maximum atomic E-state index is 13.1. The van der Waals surface area contributed by atoms with Gasteiger partial charge in [0, 0.05) is 21.9 Å². The van der Waals surface area contributed by atoms with Gasteiger partial charge in [-0.1, -0.05) is 17.2 Å². The molecule has 0 saturated heterocycles. The zero-order valence-corrected chi connectivity index (χ0v) is 15.3.